The minimum Gasteiger partial charge on any atom is -0.474 e. The van der Waals surface area contributed by atoms with E-state index < -0.39 is 6.04 Å². The zero-order valence-corrected chi connectivity index (χ0v) is 16.7. The van der Waals surface area contributed by atoms with Crippen LogP contribution in [0.15, 0.2) is 72.9 Å². The average Bonchev–Trinajstić information content (AvgIpc) is 2.79. The van der Waals surface area contributed by atoms with Crippen LogP contribution in [-0.4, -0.2) is 29.9 Å². The predicted octanol–water partition coefficient (Wildman–Crippen LogP) is 3.68. The van der Waals surface area contributed by atoms with E-state index in [-0.39, 0.29) is 18.2 Å². The zero-order valence-electron chi connectivity index (χ0n) is 16.7. The number of amides is 2. The van der Waals surface area contributed by atoms with Gasteiger partial charge in [-0.05, 0) is 36.2 Å². The third-order valence-corrected chi connectivity index (χ3v) is 5.04. The van der Waals surface area contributed by atoms with E-state index in [1.54, 1.807) is 23.2 Å². The minimum absolute atomic E-state index is 0.0887. The first-order chi connectivity index (χ1) is 14.6. The minimum atomic E-state index is -0.449. The van der Waals surface area contributed by atoms with Gasteiger partial charge >= 0.3 is 0 Å². The molecule has 30 heavy (non-hydrogen) atoms. The largest absolute Gasteiger partial charge is 0.474 e. The van der Waals surface area contributed by atoms with Crippen LogP contribution in [0.3, 0.4) is 0 Å². The molecule has 0 radical (unpaired) electrons. The van der Waals surface area contributed by atoms with E-state index in [0.717, 1.165) is 11.1 Å². The van der Waals surface area contributed by atoms with Crippen LogP contribution in [0, 0.1) is 6.92 Å². The fraction of sp³-hybridized carbons (Fsp3) is 0.208. The smallest absolute Gasteiger partial charge is 0.251 e. The molecule has 0 bridgehead atoms. The van der Waals surface area contributed by atoms with Gasteiger partial charge in [0, 0.05) is 11.8 Å². The highest BCUT2D eigenvalue weighted by Gasteiger charge is 2.28. The van der Waals surface area contributed by atoms with Gasteiger partial charge in [-0.3, -0.25) is 9.59 Å². The van der Waals surface area contributed by atoms with Gasteiger partial charge in [0.15, 0.2) is 0 Å². The number of carbonyl (C=O) groups excluding carboxylic acids is 2. The fourth-order valence-corrected chi connectivity index (χ4v) is 3.51. The van der Waals surface area contributed by atoms with E-state index >= 15 is 0 Å². The number of pyridine rings is 1. The number of aryl methyl sites for hydroxylation is 1. The maximum Gasteiger partial charge on any atom is 0.251 e. The van der Waals surface area contributed by atoms with E-state index in [1.807, 2.05) is 61.5 Å². The van der Waals surface area contributed by atoms with Gasteiger partial charge in [-0.25, -0.2) is 4.98 Å². The summed E-state index contributed by atoms with van der Waals surface area (Å²) >= 11 is 0. The molecule has 0 aliphatic carbocycles. The number of fused-ring (bicyclic) bond motifs is 1. The second-order valence-electron chi connectivity index (χ2n) is 7.24. The number of rotatable bonds is 5. The molecule has 3 aromatic rings. The van der Waals surface area contributed by atoms with E-state index in [2.05, 4.69) is 10.3 Å². The number of nitrogens with zero attached hydrogens (tertiary/aromatic N) is 2. The molecule has 1 N–H and O–H groups in total. The van der Waals surface area contributed by atoms with Gasteiger partial charge in [-0.15, -0.1) is 0 Å². The van der Waals surface area contributed by atoms with Gasteiger partial charge < -0.3 is 15.0 Å². The van der Waals surface area contributed by atoms with Crippen LogP contribution in [0.2, 0.25) is 0 Å². The molecule has 2 amide bonds. The van der Waals surface area contributed by atoms with Crippen molar-refractivity contribution in [1.29, 1.82) is 0 Å². The topological polar surface area (TPSA) is 71.5 Å². The first kappa shape index (κ1) is 19.6. The highest BCUT2D eigenvalue weighted by Crippen LogP contribution is 2.31. The van der Waals surface area contributed by atoms with Gasteiger partial charge in [-0.2, -0.15) is 0 Å². The summed E-state index contributed by atoms with van der Waals surface area (Å²) in [5, 5.41) is 3.02. The van der Waals surface area contributed by atoms with Crippen molar-refractivity contribution in [2.75, 3.05) is 18.1 Å². The van der Waals surface area contributed by atoms with Crippen molar-refractivity contribution >= 4 is 17.5 Å². The molecule has 0 spiro atoms. The molecule has 0 fully saturated rings. The summed E-state index contributed by atoms with van der Waals surface area (Å²) in [5.41, 5.74) is 3.06. The molecule has 2 aromatic carbocycles. The highest BCUT2D eigenvalue weighted by molar-refractivity contribution is 5.97. The van der Waals surface area contributed by atoms with Crippen molar-refractivity contribution in [2.45, 2.75) is 19.4 Å². The van der Waals surface area contributed by atoms with Crippen molar-refractivity contribution in [3.63, 3.8) is 0 Å². The van der Waals surface area contributed by atoms with Crippen LogP contribution in [0.4, 0.5) is 5.69 Å². The van der Waals surface area contributed by atoms with E-state index in [1.165, 1.54) is 0 Å². The van der Waals surface area contributed by atoms with Crippen molar-refractivity contribution in [3.05, 3.63) is 89.6 Å². The number of ether oxygens (including phenoxy) is 1. The quantitative estimate of drug-likeness (QED) is 0.708. The lowest BCUT2D eigenvalue weighted by Gasteiger charge is -2.30. The molecule has 0 saturated carbocycles. The number of aromatic nitrogens is 1. The Kier molecular flexibility index (Phi) is 5.75. The molecule has 6 heteroatoms. The van der Waals surface area contributed by atoms with E-state index in [9.17, 15) is 9.59 Å². The average molecular weight is 401 g/mol. The Bertz CT molecular complexity index is 1040. The zero-order chi connectivity index (χ0) is 20.9. The summed E-state index contributed by atoms with van der Waals surface area (Å²) in [6.07, 6.45) is 1.86. The van der Waals surface area contributed by atoms with Gasteiger partial charge in [-0.1, -0.05) is 48.5 Å². The van der Waals surface area contributed by atoms with Gasteiger partial charge in [0.25, 0.3) is 5.91 Å². The maximum absolute atomic E-state index is 13.3. The molecule has 1 aliphatic heterocycles. The number of benzene rings is 2. The van der Waals surface area contributed by atoms with E-state index in [0.29, 0.717) is 30.3 Å². The van der Waals surface area contributed by atoms with Crippen molar-refractivity contribution in [2.24, 2.45) is 0 Å². The molecule has 6 nitrogen and oxygen atoms in total. The molecular weight excluding hydrogens is 378 g/mol. The molecular formula is C24H23N3O3. The van der Waals surface area contributed by atoms with Crippen molar-refractivity contribution < 1.29 is 14.3 Å². The van der Waals surface area contributed by atoms with Crippen LogP contribution in [0.1, 0.15) is 33.9 Å². The number of anilines is 1. The van der Waals surface area contributed by atoms with Gasteiger partial charge in [0.2, 0.25) is 11.8 Å². The molecule has 2 heterocycles. The van der Waals surface area contributed by atoms with E-state index in [4.69, 9.17) is 4.74 Å². The van der Waals surface area contributed by atoms with Crippen LogP contribution in [0.5, 0.6) is 5.88 Å². The summed E-state index contributed by atoms with van der Waals surface area (Å²) in [5.74, 6) is 0.163. The monoisotopic (exact) mass is 401 g/mol. The number of hydrogen-bond acceptors (Lipinski definition) is 4. The lowest BCUT2D eigenvalue weighted by molar-refractivity contribution is -0.119. The lowest BCUT2D eigenvalue weighted by Crippen LogP contribution is -2.41. The second kappa shape index (κ2) is 8.78. The molecule has 0 saturated heterocycles. The Hall–Kier alpha value is -3.67. The molecule has 1 aromatic heterocycles. The number of hydrogen-bond donors (Lipinski definition) is 1. The summed E-state index contributed by atoms with van der Waals surface area (Å²) in [6.45, 7) is 2.77. The van der Waals surface area contributed by atoms with Gasteiger partial charge in [0.05, 0.1) is 19.0 Å². The Morgan fingerprint density at radius 1 is 1.10 bits per heavy atom. The Labute approximate surface area is 175 Å². The van der Waals surface area contributed by atoms with Crippen LogP contribution >= 0.6 is 0 Å². The lowest BCUT2D eigenvalue weighted by atomic mass is 10.0. The third-order valence-electron chi connectivity index (χ3n) is 5.04. The van der Waals surface area contributed by atoms with Crippen LogP contribution in [-0.2, 0) is 4.79 Å². The van der Waals surface area contributed by atoms with Crippen molar-refractivity contribution in [3.8, 4) is 5.88 Å². The first-order valence-corrected chi connectivity index (χ1v) is 9.92. The number of carbonyl (C=O) groups is 2. The standard InChI is InChI=1S/C24H23N3O3/c1-17-14-21-24(25-16-17)30-13-12-27(21)22(28)15-20(18-8-4-2-5-9-18)26-23(29)19-10-6-3-7-11-19/h2-11,14,16,20H,12-13,15H2,1H3,(H,26,29)/t20-/m1/s1. The van der Waals surface area contributed by atoms with Crippen molar-refractivity contribution in [1.82, 2.24) is 10.3 Å². The SMILES string of the molecule is Cc1cnc2c(c1)N(C(=O)C[C@@H](NC(=O)c1ccccc1)c1ccccc1)CCO2. The highest BCUT2D eigenvalue weighted by atomic mass is 16.5. The first-order valence-electron chi connectivity index (χ1n) is 9.92. The number of nitrogens with one attached hydrogen (secondary N) is 1. The third kappa shape index (κ3) is 4.33. The summed E-state index contributed by atoms with van der Waals surface area (Å²) < 4.78 is 5.60. The summed E-state index contributed by atoms with van der Waals surface area (Å²) in [4.78, 5) is 32.0. The Morgan fingerprint density at radius 2 is 1.80 bits per heavy atom. The molecule has 152 valence electrons. The Morgan fingerprint density at radius 3 is 2.53 bits per heavy atom. The predicted molar refractivity (Wildman–Crippen MR) is 115 cm³/mol. The maximum atomic E-state index is 13.3. The molecule has 4 rings (SSSR count). The Balaban J connectivity index is 1.57. The summed E-state index contributed by atoms with van der Waals surface area (Å²) in [6, 6.07) is 20.0. The normalized spacial score (nSPS) is 13.7. The summed E-state index contributed by atoms with van der Waals surface area (Å²) in [7, 11) is 0. The van der Waals surface area contributed by atoms with Crippen LogP contribution in [0.25, 0.3) is 0 Å². The fourth-order valence-electron chi connectivity index (χ4n) is 3.51. The molecule has 1 aliphatic rings. The van der Waals surface area contributed by atoms with Gasteiger partial charge in [0.1, 0.15) is 12.3 Å². The molecule has 0 unspecified atom stereocenters. The molecule has 1 atom stereocenters. The van der Waals surface area contributed by atoms with Crippen LogP contribution < -0.4 is 15.0 Å². The second-order valence-corrected chi connectivity index (χ2v) is 7.24.